The van der Waals surface area contributed by atoms with Crippen LogP contribution in [0.25, 0.3) is 0 Å². The van der Waals surface area contributed by atoms with Gasteiger partial charge < -0.3 is 14.4 Å². The standard InChI is InChI=1S/C7H8BrNO2/c8-6-1-2-7(11-6)9-3-5(10)4-9/h1-2,5,10H,3-4H2. The Labute approximate surface area is 72.7 Å². The molecule has 1 saturated heterocycles. The van der Waals surface area contributed by atoms with Crippen LogP contribution < -0.4 is 4.90 Å². The summed E-state index contributed by atoms with van der Waals surface area (Å²) in [6, 6.07) is 3.73. The van der Waals surface area contributed by atoms with E-state index in [-0.39, 0.29) is 6.10 Å². The molecule has 0 aliphatic carbocycles. The summed E-state index contributed by atoms with van der Waals surface area (Å²) >= 11 is 3.21. The summed E-state index contributed by atoms with van der Waals surface area (Å²) in [5, 5.41) is 8.99. The molecule has 1 aromatic heterocycles. The molecule has 0 atom stereocenters. The Morgan fingerprint density at radius 2 is 2.27 bits per heavy atom. The maximum atomic E-state index is 8.99. The zero-order valence-electron chi connectivity index (χ0n) is 5.83. The van der Waals surface area contributed by atoms with E-state index in [1.54, 1.807) is 0 Å². The highest BCUT2D eigenvalue weighted by Crippen LogP contribution is 2.25. The molecule has 2 heterocycles. The average molecular weight is 218 g/mol. The number of aliphatic hydroxyl groups excluding tert-OH is 1. The average Bonchev–Trinajstić information content (AvgIpc) is 2.29. The summed E-state index contributed by atoms with van der Waals surface area (Å²) in [6.07, 6.45) is -0.182. The molecular formula is C7H8BrNO2. The van der Waals surface area contributed by atoms with Gasteiger partial charge in [0.25, 0.3) is 0 Å². The van der Waals surface area contributed by atoms with E-state index >= 15 is 0 Å². The largest absolute Gasteiger partial charge is 0.434 e. The van der Waals surface area contributed by atoms with Gasteiger partial charge in [-0.3, -0.25) is 0 Å². The fourth-order valence-electron chi connectivity index (χ4n) is 1.11. The predicted octanol–water partition coefficient (Wildman–Crippen LogP) is 1.22. The monoisotopic (exact) mass is 217 g/mol. The van der Waals surface area contributed by atoms with Crippen molar-refractivity contribution in [2.24, 2.45) is 0 Å². The molecule has 60 valence electrons. The Hall–Kier alpha value is -0.480. The Morgan fingerprint density at radius 1 is 1.55 bits per heavy atom. The molecule has 0 unspecified atom stereocenters. The molecule has 4 heteroatoms. The van der Waals surface area contributed by atoms with Crippen LogP contribution in [-0.2, 0) is 0 Å². The number of anilines is 1. The number of hydrogen-bond donors (Lipinski definition) is 1. The van der Waals surface area contributed by atoms with Crippen molar-refractivity contribution in [1.29, 1.82) is 0 Å². The lowest BCUT2D eigenvalue weighted by Crippen LogP contribution is -2.50. The molecule has 1 aliphatic rings. The third kappa shape index (κ3) is 1.28. The molecule has 0 spiro atoms. The van der Waals surface area contributed by atoms with Gasteiger partial charge in [-0.05, 0) is 22.0 Å². The van der Waals surface area contributed by atoms with Crippen LogP contribution in [0.3, 0.4) is 0 Å². The number of hydrogen-bond acceptors (Lipinski definition) is 3. The van der Waals surface area contributed by atoms with E-state index in [1.807, 2.05) is 17.0 Å². The molecule has 0 saturated carbocycles. The lowest BCUT2D eigenvalue weighted by molar-refractivity contribution is 0.138. The minimum Gasteiger partial charge on any atom is -0.434 e. The van der Waals surface area contributed by atoms with Gasteiger partial charge in [-0.15, -0.1) is 0 Å². The quantitative estimate of drug-likeness (QED) is 0.769. The smallest absolute Gasteiger partial charge is 0.197 e. The van der Waals surface area contributed by atoms with Gasteiger partial charge in [-0.25, -0.2) is 0 Å². The molecule has 0 radical (unpaired) electrons. The SMILES string of the molecule is OC1CN(c2ccc(Br)o2)C1. The third-order valence-corrected chi connectivity index (χ3v) is 2.16. The van der Waals surface area contributed by atoms with Crippen molar-refractivity contribution in [2.75, 3.05) is 18.0 Å². The molecule has 11 heavy (non-hydrogen) atoms. The minimum absolute atomic E-state index is 0.182. The second-order valence-corrected chi connectivity index (χ2v) is 3.42. The van der Waals surface area contributed by atoms with Crippen LogP contribution in [0.15, 0.2) is 21.2 Å². The second-order valence-electron chi connectivity index (χ2n) is 2.64. The van der Waals surface area contributed by atoms with Gasteiger partial charge in [0.15, 0.2) is 10.6 Å². The van der Waals surface area contributed by atoms with Gasteiger partial charge in [-0.2, -0.15) is 0 Å². The van der Waals surface area contributed by atoms with Gasteiger partial charge in [0.05, 0.1) is 6.10 Å². The number of aliphatic hydroxyl groups is 1. The number of nitrogens with zero attached hydrogens (tertiary/aromatic N) is 1. The highest BCUT2D eigenvalue weighted by Gasteiger charge is 2.26. The summed E-state index contributed by atoms with van der Waals surface area (Å²) < 4.78 is 6.00. The lowest BCUT2D eigenvalue weighted by Gasteiger charge is -2.35. The van der Waals surface area contributed by atoms with Gasteiger partial charge >= 0.3 is 0 Å². The summed E-state index contributed by atoms with van der Waals surface area (Å²) in [4.78, 5) is 1.98. The first-order valence-corrected chi connectivity index (χ1v) is 4.23. The van der Waals surface area contributed by atoms with Crippen LogP contribution in [0.5, 0.6) is 0 Å². The summed E-state index contributed by atoms with van der Waals surface area (Å²) in [7, 11) is 0. The molecule has 0 amide bonds. The highest BCUT2D eigenvalue weighted by molar-refractivity contribution is 9.10. The van der Waals surface area contributed by atoms with Crippen LogP contribution >= 0.6 is 15.9 Å². The normalized spacial score (nSPS) is 18.5. The van der Waals surface area contributed by atoms with Crippen LogP contribution in [0.4, 0.5) is 5.88 Å². The van der Waals surface area contributed by atoms with E-state index < -0.39 is 0 Å². The van der Waals surface area contributed by atoms with Crippen LogP contribution in [0.1, 0.15) is 0 Å². The molecule has 2 rings (SSSR count). The molecule has 1 aliphatic heterocycles. The zero-order chi connectivity index (χ0) is 7.84. The highest BCUT2D eigenvalue weighted by atomic mass is 79.9. The minimum atomic E-state index is -0.182. The molecule has 1 fully saturated rings. The van der Waals surface area contributed by atoms with Crippen molar-refractivity contribution in [3.05, 3.63) is 16.8 Å². The molecule has 0 aromatic carbocycles. The molecule has 1 aromatic rings. The van der Waals surface area contributed by atoms with Crippen molar-refractivity contribution in [3.63, 3.8) is 0 Å². The van der Waals surface area contributed by atoms with E-state index in [1.165, 1.54) is 0 Å². The van der Waals surface area contributed by atoms with Crippen molar-refractivity contribution in [3.8, 4) is 0 Å². The molecule has 0 bridgehead atoms. The van der Waals surface area contributed by atoms with E-state index in [0.29, 0.717) is 13.1 Å². The van der Waals surface area contributed by atoms with Crippen molar-refractivity contribution >= 4 is 21.8 Å². The summed E-state index contributed by atoms with van der Waals surface area (Å²) in [5.41, 5.74) is 0. The third-order valence-electron chi connectivity index (χ3n) is 1.73. The van der Waals surface area contributed by atoms with Crippen molar-refractivity contribution in [1.82, 2.24) is 0 Å². The molecular weight excluding hydrogens is 210 g/mol. The van der Waals surface area contributed by atoms with Gasteiger partial charge in [-0.1, -0.05) is 0 Å². The fourth-order valence-corrected chi connectivity index (χ4v) is 1.41. The molecule has 3 nitrogen and oxygen atoms in total. The number of β-amino-alcohol motifs (C(OH)–C–C–N with tert-alkyl or cyclic N) is 1. The van der Waals surface area contributed by atoms with Crippen LogP contribution in [0, 0.1) is 0 Å². The maximum Gasteiger partial charge on any atom is 0.197 e. The van der Waals surface area contributed by atoms with Gasteiger partial charge in [0.1, 0.15) is 0 Å². The molecule has 1 N–H and O–H groups in total. The Bertz CT molecular complexity index is 255. The maximum absolute atomic E-state index is 8.99. The lowest BCUT2D eigenvalue weighted by atomic mass is 10.2. The number of halogens is 1. The van der Waals surface area contributed by atoms with Gasteiger partial charge in [0, 0.05) is 19.2 Å². The summed E-state index contributed by atoms with van der Waals surface area (Å²) in [5.74, 6) is 0.821. The van der Waals surface area contributed by atoms with E-state index in [4.69, 9.17) is 9.52 Å². The first-order chi connectivity index (χ1) is 5.25. The first-order valence-electron chi connectivity index (χ1n) is 3.44. The first kappa shape index (κ1) is 7.18. The number of rotatable bonds is 1. The van der Waals surface area contributed by atoms with Crippen LogP contribution in [0.2, 0.25) is 0 Å². The van der Waals surface area contributed by atoms with E-state index in [2.05, 4.69) is 15.9 Å². The Morgan fingerprint density at radius 3 is 2.73 bits per heavy atom. The van der Waals surface area contributed by atoms with Crippen LogP contribution in [-0.4, -0.2) is 24.3 Å². The second kappa shape index (κ2) is 2.53. The van der Waals surface area contributed by atoms with E-state index in [0.717, 1.165) is 10.6 Å². The Balaban J connectivity index is 2.07. The topological polar surface area (TPSA) is 36.6 Å². The van der Waals surface area contributed by atoms with Crippen molar-refractivity contribution in [2.45, 2.75) is 6.10 Å². The van der Waals surface area contributed by atoms with Gasteiger partial charge in [0.2, 0.25) is 0 Å². The number of furan rings is 1. The van der Waals surface area contributed by atoms with E-state index in [9.17, 15) is 0 Å². The fraction of sp³-hybridized carbons (Fsp3) is 0.429. The predicted molar refractivity (Wildman–Crippen MR) is 44.6 cm³/mol. The Kier molecular flexibility index (Phi) is 1.65. The zero-order valence-corrected chi connectivity index (χ0v) is 7.41. The van der Waals surface area contributed by atoms with Crippen molar-refractivity contribution < 1.29 is 9.52 Å². The summed E-state index contributed by atoms with van der Waals surface area (Å²) in [6.45, 7) is 1.36.